The molecule has 2 rings (SSSR count). The van der Waals surface area contributed by atoms with Crippen LogP contribution in [0.1, 0.15) is 18.2 Å². The number of benzene rings is 1. The van der Waals surface area contributed by atoms with E-state index in [1.165, 1.54) is 0 Å². The molecule has 0 amide bonds. The molecule has 1 unspecified atom stereocenters. The Morgan fingerprint density at radius 3 is 2.76 bits per heavy atom. The van der Waals surface area contributed by atoms with Crippen molar-refractivity contribution in [1.82, 2.24) is 5.32 Å². The summed E-state index contributed by atoms with van der Waals surface area (Å²) in [5, 5.41) is 13.0. The number of nitrogens with one attached hydrogen (secondary N) is 1. The Balaban J connectivity index is 1.84. The number of aromatic hydroxyl groups is 1. The van der Waals surface area contributed by atoms with Gasteiger partial charge in [0, 0.05) is 24.6 Å². The van der Waals surface area contributed by atoms with Crippen molar-refractivity contribution in [2.75, 3.05) is 0 Å². The fraction of sp³-hybridized carbons (Fsp3) is 0.286. The highest BCUT2D eigenvalue weighted by Gasteiger charge is 2.06. The number of furan rings is 1. The first-order chi connectivity index (χ1) is 8.25. The maximum Gasteiger partial charge on any atom is 0.120 e. The summed E-state index contributed by atoms with van der Waals surface area (Å²) in [4.78, 5) is 0. The largest absolute Gasteiger partial charge is 0.508 e. The van der Waals surface area contributed by atoms with Crippen molar-refractivity contribution in [2.45, 2.75) is 25.9 Å². The number of hydrogen-bond donors (Lipinski definition) is 2. The molecule has 3 heteroatoms. The average Bonchev–Trinajstić information content (AvgIpc) is 2.81. The zero-order chi connectivity index (χ0) is 12.1. The van der Waals surface area contributed by atoms with E-state index in [2.05, 4.69) is 12.2 Å². The lowest BCUT2D eigenvalue weighted by Gasteiger charge is -2.13. The van der Waals surface area contributed by atoms with Gasteiger partial charge in [-0.1, -0.05) is 18.2 Å². The molecule has 0 fully saturated rings. The van der Waals surface area contributed by atoms with Crippen LogP contribution in [-0.2, 0) is 13.0 Å². The predicted molar refractivity (Wildman–Crippen MR) is 66.8 cm³/mol. The molecule has 3 nitrogen and oxygen atoms in total. The molecule has 0 bridgehead atoms. The first-order valence-corrected chi connectivity index (χ1v) is 5.78. The second-order valence-corrected chi connectivity index (χ2v) is 4.19. The van der Waals surface area contributed by atoms with E-state index in [1.807, 2.05) is 30.3 Å². The third kappa shape index (κ3) is 3.36. The SMILES string of the molecule is CC(Cc1ccco1)NCc1ccccc1O. The molecule has 0 aliphatic carbocycles. The third-order valence-corrected chi connectivity index (χ3v) is 2.72. The molecule has 0 aliphatic heterocycles. The van der Waals surface area contributed by atoms with E-state index >= 15 is 0 Å². The molecule has 0 spiro atoms. The fourth-order valence-electron chi connectivity index (χ4n) is 1.75. The molecule has 0 radical (unpaired) electrons. The lowest BCUT2D eigenvalue weighted by Crippen LogP contribution is -2.27. The van der Waals surface area contributed by atoms with Crippen molar-refractivity contribution >= 4 is 0 Å². The van der Waals surface area contributed by atoms with Crippen LogP contribution in [-0.4, -0.2) is 11.1 Å². The van der Waals surface area contributed by atoms with Crippen molar-refractivity contribution in [3.8, 4) is 5.75 Å². The van der Waals surface area contributed by atoms with Crippen LogP contribution in [0.4, 0.5) is 0 Å². The van der Waals surface area contributed by atoms with Crippen LogP contribution in [0.15, 0.2) is 47.1 Å². The van der Waals surface area contributed by atoms with E-state index in [0.29, 0.717) is 18.3 Å². The Labute approximate surface area is 101 Å². The third-order valence-electron chi connectivity index (χ3n) is 2.72. The highest BCUT2D eigenvalue weighted by molar-refractivity contribution is 5.31. The number of phenols is 1. The Morgan fingerprint density at radius 1 is 1.24 bits per heavy atom. The summed E-state index contributed by atoms with van der Waals surface area (Å²) in [6.45, 7) is 2.76. The van der Waals surface area contributed by atoms with Gasteiger partial charge in [0.05, 0.1) is 6.26 Å². The highest BCUT2D eigenvalue weighted by atomic mass is 16.3. The second-order valence-electron chi connectivity index (χ2n) is 4.19. The fourth-order valence-corrected chi connectivity index (χ4v) is 1.75. The zero-order valence-electron chi connectivity index (χ0n) is 9.89. The first kappa shape index (κ1) is 11.7. The van der Waals surface area contributed by atoms with Gasteiger partial charge in [0.1, 0.15) is 11.5 Å². The van der Waals surface area contributed by atoms with Crippen LogP contribution >= 0.6 is 0 Å². The van der Waals surface area contributed by atoms with Crippen LogP contribution in [0.25, 0.3) is 0 Å². The van der Waals surface area contributed by atoms with Crippen LogP contribution in [0.3, 0.4) is 0 Å². The summed E-state index contributed by atoms with van der Waals surface area (Å²) in [6.07, 6.45) is 2.53. The predicted octanol–water partition coefficient (Wildman–Crippen LogP) is 2.71. The Morgan fingerprint density at radius 2 is 2.06 bits per heavy atom. The van der Waals surface area contributed by atoms with Crippen LogP contribution in [0.2, 0.25) is 0 Å². The van der Waals surface area contributed by atoms with Gasteiger partial charge in [-0.3, -0.25) is 0 Å². The van der Waals surface area contributed by atoms with Gasteiger partial charge in [0.15, 0.2) is 0 Å². The van der Waals surface area contributed by atoms with E-state index in [-0.39, 0.29) is 0 Å². The molecule has 1 aromatic carbocycles. The van der Waals surface area contributed by atoms with Crippen molar-refractivity contribution in [1.29, 1.82) is 0 Å². The van der Waals surface area contributed by atoms with Crippen molar-refractivity contribution < 1.29 is 9.52 Å². The van der Waals surface area contributed by atoms with Gasteiger partial charge in [0.25, 0.3) is 0 Å². The van der Waals surface area contributed by atoms with Gasteiger partial charge in [-0.25, -0.2) is 0 Å². The van der Waals surface area contributed by atoms with Gasteiger partial charge in [-0.05, 0) is 25.1 Å². The Bertz CT molecular complexity index is 451. The molecule has 1 atom stereocenters. The summed E-state index contributed by atoms with van der Waals surface area (Å²) in [5.74, 6) is 1.31. The topological polar surface area (TPSA) is 45.4 Å². The summed E-state index contributed by atoms with van der Waals surface area (Å²) >= 11 is 0. The van der Waals surface area contributed by atoms with E-state index in [0.717, 1.165) is 17.7 Å². The van der Waals surface area contributed by atoms with Gasteiger partial charge in [0.2, 0.25) is 0 Å². The number of hydrogen-bond acceptors (Lipinski definition) is 3. The quantitative estimate of drug-likeness (QED) is 0.831. The molecule has 2 N–H and O–H groups in total. The van der Waals surface area contributed by atoms with Crippen LogP contribution < -0.4 is 5.32 Å². The van der Waals surface area contributed by atoms with Gasteiger partial charge in [-0.2, -0.15) is 0 Å². The lowest BCUT2D eigenvalue weighted by atomic mass is 10.1. The molecule has 0 aliphatic rings. The summed E-state index contributed by atoms with van der Waals surface area (Å²) in [5.41, 5.74) is 0.916. The molecule has 0 saturated heterocycles. The molecular weight excluding hydrogens is 214 g/mol. The van der Waals surface area contributed by atoms with Crippen LogP contribution in [0.5, 0.6) is 5.75 Å². The number of phenolic OH excluding ortho intramolecular Hbond substituents is 1. The van der Waals surface area contributed by atoms with E-state index in [4.69, 9.17) is 4.42 Å². The minimum atomic E-state index is 0.306. The highest BCUT2D eigenvalue weighted by Crippen LogP contribution is 2.15. The minimum Gasteiger partial charge on any atom is -0.508 e. The Hall–Kier alpha value is -1.74. The molecule has 1 aromatic heterocycles. The molecule has 1 heterocycles. The smallest absolute Gasteiger partial charge is 0.120 e. The van der Waals surface area contributed by atoms with Crippen molar-refractivity contribution in [2.24, 2.45) is 0 Å². The van der Waals surface area contributed by atoms with Gasteiger partial charge in [-0.15, -0.1) is 0 Å². The van der Waals surface area contributed by atoms with E-state index in [9.17, 15) is 5.11 Å². The number of rotatable bonds is 5. The standard InChI is InChI=1S/C14H17NO2/c1-11(9-13-6-4-8-17-13)15-10-12-5-2-3-7-14(12)16/h2-8,11,15-16H,9-10H2,1H3. The first-order valence-electron chi connectivity index (χ1n) is 5.78. The molecular formula is C14H17NO2. The maximum absolute atomic E-state index is 9.62. The molecule has 90 valence electrons. The lowest BCUT2D eigenvalue weighted by molar-refractivity contribution is 0.442. The van der Waals surface area contributed by atoms with Gasteiger partial charge < -0.3 is 14.8 Å². The summed E-state index contributed by atoms with van der Waals surface area (Å²) in [6, 6.07) is 11.5. The molecule has 0 saturated carbocycles. The average molecular weight is 231 g/mol. The van der Waals surface area contributed by atoms with E-state index < -0.39 is 0 Å². The van der Waals surface area contributed by atoms with Crippen molar-refractivity contribution in [3.63, 3.8) is 0 Å². The summed E-state index contributed by atoms with van der Waals surface area (Å²) in [7, 11) is 0. The minimum absolute atomic E-state index is 0.306. The molecule has 2 aromatic rings. The monoisotopic (exact) mass is 231 g/mol. The normalized spacial score (nSPS) is 12.5. The number of para-hydroxylation sites is 1. The zero-order valence-corrected chi connectivity index (χ0v) is 9.89. The van der Waals surface area contributed by atoms with Crippen LogP contribution in [0, 0.1) is 0 Å². The van der Waals surface area contributed by atoms with Gasteiger partial charge >= 0.3 is 0 Å². The van der Waals surface area contributed by atoms with E-state index in [1.54, 1.807) is 12.3 Å². The summed E-state index contributed by atoms with van der Waals surface area (Å²) < 4.78 is 5.29. The van der Waals surface area contributed by atoms with Crippen molar-refractivity contribution in [3.05, 3.63) is 54.0 Å². The molecule has 17 heavy (non-hydrogen) atoms. The second kappa shape index (κ2) is 5.55. The maximum atomic E-state index is 9.62. The Kier molecular flexibility index (Phi) is 3.83.